The van der Waals surface area contributed by atoms with Crippen LogP contribution in [-0.4, -0.2) is 18.4 Å². The van der Waals surface area contributed by atoms with Gasteiger partial charge in [0, 0.05) is 5.56 Å². The van der Waals surface area contributed by atoms with Crippen molar-refractivity contribution in [1.29, 1.82) is 0 Å². The molecule has 0 aliphatic rings. The summed E-state index contributed by atoms with van der Waals surface area (Å²) in [4.78, 5) is 7.51. The third-order valence-electron chi connectivity index (χ3n) is 3.50. The van der Waals surface area contributed by atoms with Gasteiger partial charge in [-0.1, -0.05) is 23.7 Å². The fourth-order valence-electron chi connectivity index (χ4n) is 2.27. The van der Waals surface area contributed by atoms with E-state index in [1.807, 2.05) is 0 Å². The Hall–Kier alpha value is -2.58. The lowest BCUT2D eigenvalue weighted by atomic mass is 10.0. The number of aryl methyl sites for hydroxylation is 1. The molecule has 2 aromatic heterocycles. The van der Waals surface area contributed by atoms with E-state index in [4.69, 9.17) is 11.6 Å². The molecule has 0 bridgehead atoms. The highest BCUT2D eigenvalue weighted by Crippen LogP contribution is 2.30. The van der Waals surface area contributed by atoms with E-state index in [0.717, 1.165) is 12.1 Å². The van der Waals surface area contributed by atoms with Crippen molar-refractivity contribution in [1.82, 2.24) is 9.97 Å². The van der Waals surface area contributed by atoms with Crippen molar-refractivity contribution in [3.63, 3.8) is 0 Å². The summed E-state index contributed by atoms with van der Waals surface area (Å²) in [5.74, 6) is -1.45. The third-order valence-corrected chi connectivity index (χ3v) is 5.07. The van der Waals surface area contributed by atoms with E-state index >= 15 is 0 Å². The summed E-state index contributed by atoms with van der Waals surface area (Å²) < 4.78 is 53.6. The summed E-state index contributed by atoms with van der Waals surface area (Å²) in [6.45, 7) is 1.75. The predicted octanol–water partition coefficient (Wildman–Crippen LogP) is 4.18. The van der Waals surface area contributed by atoms with Crippen molar-refractivity contribution < 1.29 is 17.2 Å². The smallest absolute Gasteiger partial charge is 0.262 e. The molecule has 9 heteroatoms. The lowest BCUT2D eigenvalue weighted by molar-refractivity contribution is 0.558. The van der Waals surface area contributed by atoms with Crippen molar-refractivity contribution in [2.45, 2.75) is 11.9 Å². The first-order valence-corrected chi connectivity index (χ1v) is 9.21. The van der Waals surface area contributed by atoms with Gasteiger partial charge < -0.3 is 0 Å². The van der Waals surface area contributed by atoms with Crippen LogP contribution in [0.25, 0.3) is 11.3 Å². The Bertz CT molecular complexity index is 1090. The maximum atomic E-state index is 13.6. The van der Waals surface area contributed by atoms with Crippen LogP contribution in [0.3, 0.4) is 0 Å². The van der Waals surface area contributed by atoms with Gasteiger partial charge in [-0.3, -0.25) is 4.72 Å². The first-order chi connectivity index (χ1) is 12.3. The normalized spacial score (nSPS) is 11.4. The predicted molar refractivity (Wildman–Crippen MR) is 94.4 cm³/mol. The van der Waals surface area contributed by atoms with E-state index in [0.29, 0.717) is 11.1 Å². The van der Waals surface area contributed by atoms with Crippen LogP contribution in [0.1, 0.15) is 5.56 Å². The zero-order valence-electron chi connectivity index (χ0n) is 13.4. The number of rotatable bonds is 4. The van der Waals surface area contributed by atoms with Crippen molar-refractivity contribution in [2.75, 3.05) is 4.72 Å². The molecule has 134 valence electrons. The number of hydrogen-bond donors (Lipinski definition) is 1. The average molecular weight is 396 g/mol. The summed E-state index contributed by atoms with van der Waals surface area (Å²) in [7, 11) is -4.15. The molecular formula is C17H12ClF2N3O2S. The lowest BCUT2D eigenvalue weighted by Crippen LogP contribution is -2.16. The Balaban J connectivity index is 2.02. The number of benzene rings is 1. The molecule has 0 radical (unpaired) electrons. The molecule has 1 aromatic carbocycles. The number of anilines is 1. The number of nitrogens with zero attached hydrogens (tertiary/aromatic N) is 2. The molecule has 0 spiro atoms. The van der Waals surface area contributed by atoms with Crippen LogP contribution in [0, 0.1) is 18.7 Å². The van der Waals surface area contributed by atoms with Gasteiger partial charge in [0.1, 0.15) is 11.6 Å². The molecule has 1 N–H and O–H groups in total. The Morgan fingerprint density at radius 3 is 2.54 bits per heavy atom. The summed E-state index contributed by atoms with van der Waals surface area (Å²) >= 11 is 6.14. The lowest BCUT2D eigenvalue weighted by Gasteiger charge is -2.11. The number of pyridine rings is 2. The van der Waals surface area contributed by atoms with E-state index in [-0.39, 0.29) is 16.5 Å². The monoisotopic (exact) mass is 395 g/mol. The molecule has 0 saturated carbocycles. The number of nitrogens with one attached hydrogen (secondary N) is 1. The Labute approximate surface area is 153 Å². The van der Waals surface area contributed by atoms with Gasteiger partial charge in [0.05, 0.1) is 10.7 Å². The first kappa shape index (κ1) is 18.2. The van der Waals surface area contributed by atoms with Gasteiger partial charge in [-0.05, 0) is 48.9 Å². The molecule has 5 nitrogen and oxygen atoms in total. The molecule has 0 aliphatic carbocycles. The zero-order valence-corrected chi connectivity index (χ0v) is 14.9. The van der Waals surface area contributed by atoms with Crippen molar-refractivity contribution in [3.8, 4) is 11.3 Å². The first-order valence-electron chi connectivity index (χ1n) is 7.35. The van der Waals surface area contributed by atoms with E-state index < -0.39 is 26.8 Å². The molecule has 2 heterocycles. The van der Waals surface area contributed by atoms with Crippen molar-refractivity contribution >= 4 is 27.4 Å². The third kappa shape index (κ3) is 3.81. The standard InChI is InChI=1S/C17H12ClF2N3O2S/c1-10-5-6-11(19)9-12(10)17-13(18)7-8-15(22-17)23-26(24,25)16-4-2-3-14(20)21-16/h2-9H,1H3,(H,22,23). The zero-order chi connectivity index (χ0) is 18.9. The van der Waals surface area contributed by atoms with E-state index in [1.54, 1.807) is 13.0 Å². The number of halogens is 3. The number of hydrogen-bond acceptors (Lipinski definition) is 4. The summed E-state index contributed by atoms with van der Waals surface area (Å²) in [6.07, 6.45) is 0. The molecule has 0 saturated heterocycles. The van der Waals surface area contributed by atoms with Gasteiger partial charge in [0.2, 0.25) is 5.95 Å². The summed E-state index contributed by atoms with van der Waals surface area (Å²) in [5.41, 5.74) is 1.36. The largest absolute Gasteiger partial charge is 0.280 e. The van der Waals surface area contributed by atoms with Crippen LogP contribution in [0.15, 0.2) is 53.6 Å². The molecule has 0 fully saturated rings. The molecule has 0 atom stereocenters. The van der Waals surface area contributed by atoms with Crippen LogP contribution in [0.4, 0.5) is 14.6 Å². The highest BCUT2D eigenvalue weighted by atomic mass is 35.5. The Kier molecular flexibility index (Phi) is 4.88. The van der Waals surface area contributed by atoms with Gasteiger partial charge in [0.25, 0.3) is 10.0 Å². The minimum Gasteiger partial charge on any atom is -0.262 e. The fraction of sp³-hybridized carbons (Fsp3) is 0.0588. The van der Waals surface area contributed by atoms with Gasteiger partial charge in [0.15, 0.2) is 5.03 Å². The van der Waals surface area contributed by atoms with E-state index in [9.17, 15) is 17.2 Å². The van der Waals surface area contributed by atoms with Crippen LogP contribution < -0.4 is 4.72 Å². The van der Waals surface area contributed by atoms with Crippen LogP contribution in [-0.2, 0) is 10.0 Å². The second-order valence-electron chi connectivity index (χ2n) is 5.39. The van der Waals surface area contributed by atoms with Gasteiger partial charge in [-0.25, -0.2) is 14.4 Å². The van der Waals surface area contributed by atoms with Crippen molar-refractivity contribution in [2.24, 2.45) is 0 Å². The fourth-order valence-corrected chi connectivity index (χ4v) is 3.43. The second-order valence-corrected chi connectivity index (χ2v) is 7.43. The molecule has 0 aliphatic heterocycles. The van der Waals surface area contributed by atoms with Crippen molar-refractivity contribution in [3.05, 3.63) is 70.9 Å². The molecular weight excluding hydrogens is 384 g/mol. The minimum atomic E-state index is -4.15. The number of aromatic nitrogens is 2. The summed E-state index contributed by atoms with van der Waals surface area (Å²) in [5, 5.41) is -0.261. The Morgan fingerprint density at radius 1 is 1.04 bits per heavy atom. The molecule has 0 unspecified atom stereocenters. The minimum absolute atomic E-state index is 0.0564. The van der Waals surface area contributed by atoms with Crippen LogP contribution >= 0.6 is 11.6 Å². The summed E-state index contributed by atoms with van der Waals surface area (Å²) in [6, 6.07) is 10.3. The van der Waals surface area contributed by atoms with Crippen LogP contribution in [0.2, 0.25) is 5.02 Å². The van der Waals surface area contributed by atoms with Gasteiger partial charge in [-0.2, -0.15) is 12.8 Å². The van der Waals surface area contributed by atoms with Gasteiger partial charge in [-0.15, -0.1) is 0 Å². The maximum absolute atomic E-state index is 13.6. The molecule has 0 amide bonds. The maximum Gasteiger partial charge on any atom is 0.280 e. The quantitative estimate of drug-likeness (QED) is 0.672. The molecule has 3 aromatic rings. The number of sulfonamides is 1. The highest BCUT2D eigenvalue weighted by Gasteiger charge is 2.19. The van der Waals surface area contributed by atoms with E-state index in [1.165, 1.54) is 30.3 Å². The van der Waals surface area contributed by atoms with Gasteiger partial charge >= 0.3 is 0 Å². The van der Waals surface area contributed by atoms with Crippen LogP contribution in [0.5, 0.6) is 0 Å². The van der Waals surface area contributed by atoms with E-state index in [2.05, 4.69) is 14.7 Å². The highest BCUT2D eigenvalue weighted by molar-refractivity contribution is 7.92. The Morgan fingerprint density at radius 2 is 1.81 bits per heavy atom. The average Bonchev–Trinajstić information content (AvgIpc) is 2.59. The topological polar surface area (TPSA) is 72.0 Å². The molecule has 26 heavy (non-hydrogen) atoms. The SMILES string of the molecule is Cc1ccc(F)cc1-c1nc(NS(=O)(=O)c2cccc(F)n2)ccc1Cl. The second kappa shape index (κ2) is 6.97. The molecule has 3 rings (SSSR count).